The van der Waals surface area contributed by atoms with Crippen molar-refractivity contribution in [2.45, 2.75) is 19.3 Å². The minimum atomic E-state index is 0.992. The fraction of sp³-hybridized carbons (Fsp3) is 0.231. The van der Waals surface area contributed by atoms with Crippen molar-refractivity contribution < 1.29 is 0 Å². The van der Waals surface area contributed by atoms with Crippen molar-refractivity contribution in [3.63, 3.8) is 0 Å². The third kappa shape index (κ3) is 5.92. The van der Waals surface area contributed by atoms with Crippen LogP contribution in [-0.2, 0) is 0 Å². The molecule has 0 spiro atoms. The Balaban J connectivity index is 2.49. The van der Waals surface area contributed by atoms with Gasteiger partial charge >= 0.3 is 0 Å². The fourth-order valence-electron chi connectivity index (χ4n) is 1.01. The van der Waals surface area contributed by atoms with Crippen molar-refractivity contribution in [2.75, 3.05) is 0 Å². The summed E-state index contributed by atoms with van der Waals surface area (Å²) in [6.07, 6.45) is 25.0. The lowest BCUT2D eigenvalue weighted by Gasteiger charge is -1.83. The van der Waals surface area contributed by atoms with Crippen LogP contribution in [0.3, 0.4) is 0 Å². The van der Waals surface area contributed by atoms with Crippen molar-refractivity contribution in [1.82, 2.24) is 0 Å². The topological polar surface area (TPSA) is 0 Å². The highest BCUT2D eigenvalue weighted by Gasteiger charge is 1.75. The maximum Gasteiger partial charge on any atom is -0.0163 e. The van der Waals surface area contributed by atoms with Crippen molar-refractivity contribution in [2.24, 2.45) is 0 Å². The molecule has 1 aliphatic rings. The van der Waals surface area contributed by atoms with E-state index in [-0.39, 0.29) is 0 Å². The first-order chi connectivity index (χ1) is 6.50. The Morgan fingerprint density at radius 3 is 2.54 bits per heavy atom. The Hall–Kier alpha value is -1.30. The van der Waals surface area contributed by atoms with E-state index in [4.69, 9.17) is 0 Å². The summed E-state index contributed by atoms with van der Waals surface area (Å²) in [5.41, 5.74) is 0. The molecule has 0 unspecified atom stereocenters. The number of hydrogen-bond donors (Lipinski definition) is 0. The average Bonchev–Trinajstić information content (AvgIpc) is 2.18. The zero-order valence-electron chi connectivity index (χ0n) is 7.82. The van der Waals surface area contributed by atoms with Crippen LogP contribution in [0.25, 0.3) is 0 Å². The summed E-state index contributed by atoms with van der Waals surface area (Å²) in [7, 11) is 0. The van der Waals surface area contributed by atoms with Crippen LogP contribution >= 0.6 is 0 Å². The summed E-state index contributed by atoms with van der Waals surface area (Å²) in [5.74, 6) is 0. The van der Waals surface area contributed by atoms with Gasteiger partial charge in [0.25, 0.3) is 0 Å². The Kier molecular flexibility index (Phi) is 5.54. The molecule has 0 amide bonds. The van der Waals surface area contributed by atoms with E-state index in [1.165, 1.54) is 0 Å². The van der Waals surface area contributed by atoms with Gasteiger partial charge in [0, 0.05) is 0 Å². The first-order valence-corrected chi connectivity index (χ1v) is 4.71. The van der Waals surface area contributed by atoms with Gasteiger partial charge in [-0.1, -0.05) is 54.7 Å². The average molecular weight is 171 g/mol. The van der Waals surface area contributed by atoms with Crippen molar-refractivity contribution in [1.29, 1.82) is 0 Å². The Labute approximate surface area is 80.7 Å². The molecule has 0 heterocycles. The molecule has 0 aromatic carbocycles. The zero-order valence-corrected chi connectivity index (χ0v) is 7.82. The molecule has 1 rings (SSSR count). The lowest BCUT2D eigenvalue weighted by atomic mass is 10.2. The highest BCUT2D eigenvalue weighted by atomic mass is 13.8. The third-order valence-corrected chi connectivity index (χ3v) is 1.70. The van der Waals surface area contributed by atoms with Gasteiger partial charge in [0.05, 0.1) is 0 Å². The molecule has 0 aromatic heterocycles. The van der Waals surface area contributed by atoms with Crippen molar-refractivity contribution in [3.05, 3.63) is 60.8 Å². The molecule has 1 aliphatic carbocycles. The molecule has 0 nitrogen and oxygen atoms in total. The Bertz CT molecular complexity index is 249. The highest BCUT2D eigenvalue weighted by Crippen LogP contribution is 1.95. The van der Waals surface area contributed by atoms with Gasteiger partial charge in [-0.2, -0.15) is 0 Å². The van der Waals surface area contributed by atoms with Crippen molar-refractivity contribution in [3.8, 4) is 0 Å². The summed E-state index contributed by atoms with van der Waals surface area (Å²) >= 11 is 0. The van der Waals surface area contributed by atoms with E-state index in [2.05, 4.69) is 42.5 Å². The van der Waals surface area contributed by atoms with E-state index >= 15 is 0 Å². The molecule has 0 N–H and O–H groups in total. The van der Waals surface area contributed by atoms with Crippen LogP contribution in [0.1, 0.15) is 19.3 Å². The quantitative estimate of drug-likeness (QED) is 0.520. The molecule has 0 atom stereocenters. The molecule has 0 bridgehead atoms. The van der Waals surface area contributed by atoms with Gasteiger partial charge in [0.15, 0.2) is 0 Å². The molecule has 0 fully saturated rings. The summed E-state index contributed by atoms with van der Waals surface area (Å²) < 4.78 is 0. The van der Waals surface area contributed by atoms with Gasteiger partial charge in [0.1, 0.15) is 0 Å². The van der Waals surface area contributed by atoms with Gasteiger partial charge in [-0.3, -0.25) is 0 Å². The molecule has 0 saturated heterocycles. The highest BCUT2D eigenvalue weighted by molar-refractivity contribution is 5.10. The first kappa shape index (κ1) is 9.79. The normalized spacial score (nSPS) is 17.8. The smallest absolute Gasteiger partial charge is 0.0163 e. The van der Waals surface area contributed by atoms with Crippen LogP contribution in [-0.4, -0.2) is 0 Å². The van der Waals surface area contributed by atoms with E-state index in [0.29, 0.717) is 0 Å². The van der Waals surface area contributed by atoms with E-state index < -0.39 is 0 Å². The monoisotopic (exact) mass is 171 g/mol. The number of hydrogen-bond acceptors (Lipinski definition) is 0. The largest absolute Gasteiger partial charge is 0.0842 e. The van der Waals surface area contributed by atoms with Gasteiger partial charge < -0.3 is 0 Å². The maximum atomic E-state index is 3.08. The Morgan fingerprint density at radius 1 is 0.769 bits per heavy atom. The molecule has 0 aromatic rings. The van der Waals surface area contributed by atoms with Crippen molar-refractivity contribution >= 4 is 0 Å². The van der Waals surface area contributed by atoms with Gasteiger partial charge in [0.2, 0.25) is 0 Å². The number of rotatable bonds is 0. The van der Waals surface area contributed by atoms with E-state index in [0.717, 1.165) is 19.3 Å². The van der Waals surface area contributed by atoms with E-state index in [9.17, 15) is 0 Å². The van der Waals surface area contributed by atoms with Gasteiger partial charge in [-0.05, 0) is 25.3 Å². The minimum Gasteiger partial charge on any atom is -0.0842 e. The van der Waals surface area contributed by atoms with Crippen LogP contribution in [0.15, 0.2) is 54.7 Å². The fourth-order valence-corrected chi connectivity index (χ4v) is 1.01. The second kappa shape index (κ2) is 7.35. The van der Waals surface area contributed by atoms with Crippen LogP contribution in [0.5, 0.6) is 0 Å². The molecule has 1 radical (unpaired) electrons. The standard InChI is InChI=1S/C13H15/c1-2-4-6-8-10-12-13-11-9-7-5-3-1/h1-4,7,9-12H,5-6,8H2. The molecule has 0 saturated carbocycles. The Morgan fingerprint density at radius 2 is 1.54 bits per heavy atom. The first-order valence-electron chi connectivity index (χ1n) is 4.71. The van der Waals surface area contributed by atoms with Crippen LogP contribution < -0.4 is 0 Å². The molecule has 67 valence electrons. The van der Waals surface area contributed by atoms with Crippen LogP contribution in [0.4, 0.5) is 0 Å². The lowest BCUT2D eigenvalue weighted by Crippen LogP contribution is -1.63. The predicted octanol–water partition coefficient (Wildman–Crippen LogP) is 3.75. The molecule has 0 aliphatic heterocycles. The second-order valence-electron chi connectivity index (χ2n) is 2.83. The predicted molar refractivity (Wildman–Crippen MR) is 58.2 cm³/mol. The van der Waals surface area contributed by atoms with E-state index in [1.54, 1.807) is 0 Å². The lowest BCUT2D eigenvalue weighted by molar-refractivity contribution is 1.05. The number of allylic oxidation sites excluding steroid dienone is 10. The second-order valence-corrected chi connectivity index (χ2v) is 2.83. The summed E-state index contributed by atoms with van der Waals surface area (Å²) in [6.45, 7) is 0. The molecule has 0 heteroatoms. The minimum absolute atomic E-state index is 0.992. The summed E-state index contributed by atoms with van der Waals surface area (Å²) in [5, 5.41) is 0. The van der Waals surface area contributed by atoms with Crippen LogP contribution in [0.2, 0.25) is 0 Å². The van der Waals surface area contributed by atoms with E-state index in [1.807, 2.05) is 18.2 Å². The summed E-state index contributed by atoms with van der Waals surface area (Å²) in [4.78, 5) is 0. The SMILES string of the molecule is [C]1=CC=CCC=CC=CCCC=C1. The summed E-state index contributed by atoms with van der Waals surface area (Å²) in [6, 6.07) is 0. The molecular weight excluding hydrogens is 156 g/mol. The van der Waals surface area contributed by atoms with Gasteiger partial charge in [-0.25, -0.2) is 0 Å². The van der Waals surface area contributed by atoms with Gasteiger partial charge in [-0.15, -0.1) is 0 Å². The molecule has 13 heavy (non-hydrogen) atoms. The third-order valence-electron chi connectivity index (χ3n) is 1.70. The van der Waals surface area contributed by atoms with Crippen LogP contribution in [0, 0.1) is 6.08 Å². The maximum absolute atomic E-state index is 3.08. The zero-order chi connectivity index (χ0) is 9.19. The molecular formula is C13H15.